The second-order valence-corrected chi connectivity index (χ2v) is 5.62. The van der Waals surface area contributed by atoms with Crippen LogP contribution in [0.4, 0.5) is 0 Å². The molecule has 126 valence electrons. The molecule has 0 aliphatic carbocycles. The van der Waals surface area contributed by atoms with Crippen molar-refractivity contribution in [1.82, 2.24) is 4.90 Å². The highest BCUT2D eigenvalue weighted by Gasteiger charge is 2.20. The molecule has 1 aliphatic rings. The number of hydrogen-bond donors (Lipinski definition) is 0. The summed E-state index contributed by atoms with van der Waals surface area (Å²) in [7, 11) is 0. The van der Waals surface area contributed by atoms with Gasteiger partial charge in [-0.15, -0.1) is 12.4 Å². The van der Waals surface area contributed by atoms with Gasteiger partial charge in [-0.05, 0) is 17.2 Å². The zero-order chi connectivity index (χ0) is 15.9. The maximum Gasteiger partial charge on any atom is 0.168 e. The van der Waals surface area contributed by atoms with Crippen LogP contribution in [-0.2, 0) is 9.53 Å². The van der Waals surface area contributed by atoms with E-state index in [9.17, 15) is 4.79 Å². The van der Waals surface area contributed by atoms with Gasteiger partial charge in [0.2, 0.25) is 0 Å². The van der Waals surface area contributed by atoms with Crippen molar-refractivity contribution in [2.24, 2.45) is 0 Å². The van der Waals surface area contributed by atoms with Gasteiger partial charge in [0.1, 0.15) is 0 Å². The maximum atomic E-state index is 12.8. The summed E-state index contributed by atoms with van der Waals surface area (Å²) >= 11 is 0. The van der Waals surface area contributed by atoms with Crippen LogP contribution in [0.2, 0.25) is 0 Å². The van der Waals surface area contributed by atoms with Crippen molar-refractivity contribution in [2.75, 3.05) is 26.3 Å². The lowest BCUT2D eigenvalue weighted by Gasteiger charge is -2.25. The normalized spacial score (nSPS) is 14.6. The van der Waals surface area contributed by atoms with Gasteiger partial charge >= 0.3 is 0 Å². The fourth-order valence-corrected chi connectivity index (χ4v) is 2.81. The molecule has 0 N–H and O–H groups in total. The van der Waals surface area contributed by atoms with Crippen LogP contribution < -0.4 is 0 Å². The number of allylic oxidation sites excluding steroid dienone is 1. The van der Waals surface area contributed by atoms with E-state index in [0.29, 0.717) is 0 Å². The molecule has 0 unspecified atom stereocenters. The predicted molar refractivity (Wildman–Crippen MR) is 98.5 cm³/mol. The number of rotatable bonds is 5. The van der Waals surface area contributed by atoms with Gasteiger partial charge in [-0.25, -0.2) is 0 Å². The highest BCUT2D eigenvalue weighted by atomic mass is 35.5. The smallest absolute Gasteiger partial charge is 0.168 e. The minimum absolute atomic E-state index is 0. The van der Waals surface area contributed by atoms with Crippen LogP contribution in [0.3, 0.4) is 0 Å². The van der Waals surface area contributed by atoms with Gasteiger partial charge in [-0.2, -0.15) is 0 Å². The lowest BCUT2D eigenvalue weighted by Crippen LogP contribution is -2.32. The first-order valence-electron chi connectivity index (χ1n) is 7.98. The van der Waals surface area contributed by atoms with Gasteiger partial charge in [0.25, 0.3) is 0 Å². The van der Waals surface area contributed by atoms with E-state index < -0.39 is 0 Å². The molecule has 1 heterocycles. The molecular formula is C20H22ClNO2. The lowest BCUT2D eigenvalue weighted by molar-refractivity contribution is -0.115. The summed E-state index contributed by atoms with van der Waals surface area (Å²) in [6.07, 6.45) is 3.61. The van der Waals surface area contributed by atoms with E-state index in [4.69, 9.17) is 4.74 Å². The molecular weight excluding hydrogens is 322 g/mol. The monoisotopic (exact) mass is 343 g/mol. The Morgan fingerprint density at radius 1 is 0.917 bits per heavy atom. The van der Waals surface area contributed by atoms with Crippen LogP contribution in [0.1, 0.15) is 17.0 Å². The van der Waals surface area contributed by atoms with Gasteiger partial charge in [0, 0.05) is 19.3 Å². The molecule has 0 bridgehead atoms. The molecule has 0 saturated carbocycles. The maximum absolute atomic E-state index is 12.8. The minimum Gasteiger partial charge on any atom is -0.378 e. The highest BCUT2D eigenvalue weighted by molar-refractivity contribution is 5.97. The number of halogens is 1. The Bertz CT molecular complexity index is 612. The number of morpholine rings is 1. The average molecular weight is 344 g/mol. The van der Waals surface area contributed by atoms with Crippen molar-refractivity contribution < 1.29 is 9.53 Å². The third-order valence-electron chi connectivity index (χ3n) is 4.05. The van der Waals surface area contributed by atoms with E-state index in [2.05, 4.69) is 4.90 Å². The number of carbonyl (C=O) groups is 1. The predicted octanol–water partition coefficient (Wildman–Crippen LogP) is 3.66. The van der Waals surface area contributed by atoms with Crippen LogP contribution in [0, 0.1) is 0 Å². The molecule has 3 rings (SSSR count). The van der Waals surface area contributed by atoms with E-state index in [1.54, 1.807) is 6.08 Å². The fraction of sp³-hybridized carbons (Fsp3) is 0.250. The summed E-state index contributed by atoms with van der Waals surface area (Å²) < 4.78 is 5.33. The Hall–Kier alpha value is -2.10. The van der Waals surface area contributed by atoms with E-state index >= 15 is 0 Å². The number of hydrogen-bond acceptors (Lipinski definition) is 3. The van der Waals surface area contributed by atoms with Crippen molar-refractivity contribution in [3.63, 3.8) is 0 Å². The number of nitrogens with zero attached hydrogens (tertiary/aromatic N) is 1. The Morgan fingerprint density at radius 3 is 1.92 bits per heavy atom. The highest BCUT2D eigenvalue weighted by Crippen LogP contribution is 2.26. The summed E-state index contributed by atoms with van der Waals surface area (Å²) in [6.45, 7) is 3.12. The molecule has 1 saturated heterocycles. The molecule has 0 amide bonds. The molecule has 1 fully saturated rings. The molecule has 2 aromatic carbocycles. The standard InChI is InChI=1S/C20H21NO2.ClH/c22-19(11-12-21-13-15-23-16-14-21)20(17-7-3-1-4-8-17)18-9-5-2-6-10-18;/h1-12,20H,13-16H2;1H. The van der Waals surface area contributed by atoms with Crippen molar-refractivity contribution >= 4 is 18.2 Å². The van der Waals surface area contributed by atoms with Gasteiger partial charge in [-0.3, -0.25) is 4.79 Å². The average Bonchev–Trinajstić information content (AvgIpc) is 2.63. The molecule has 24 heavy (non-hydrogen) atoms. The quantitative estimate of drug-likeness (QED) is 0.776. The SMILES string of the molecule is Cl.O=C(C=CN1CCOCC1)C(c1ccccc1)c1ccccc1. The molecule has 0 spiro atoms. The second kappa shape index (κ2) is 9.26. The van der Waals surface area contributed by atoms with E-state index in [1.807, 2.05) is 66.9 Å². The number of benzene rings is 2. The summed E-state index contributed by atoms with van der Waals surface area (Å²) in [5.41, 5.74) is 2.05. The molecule has 0 radical (unpaired) electrons. The van der Waals surface area contributed by atoms with Gasteiger partial charge in [-0.1, -0.05) is 60.7 Å². The fourth-order valence-electron chi connectivity index (χ4n) is 2.81. The number of ether oxygens (including phenoxy) is 1. The minimum atomic E-state index is -0.255. The Balaban J connectivity index is 0.00000208. The van der Waals surface area contributed by atoms with Gasteiger partial charge in [0.05, 0.1) is 19.1 Å². The van der Waals surface area contributed by atoms with Crippen LogP contribution >= 0.6 is 12.4 Å². The Kier molecular flexibility index (Phi) is 7.04. The first kappa shape index (κ1) is 18.2. The van der Waals surface area contributed by atoms with Gasteiger partial charge < -0.3 is 9.64 Å². The number of carbonyl (C=O) groups excluding carboxylic acids is 1. The van der Waals surface area contributed by atoms with E-state index in [0.717, 1.165) is 37.4 Å². The van der Waals surface area contributed by atoms with Crippen LogP contribution in [0.25, 0.3) is 0 Å². The largest absolute Gasteiger partial charge is 0.378 e. The molecule has 1 aliphatic heterocycles. The van der Waals surface area contributed by atoms with Crippen molar-refractivity contribution in [3.8, 4) is 0 Å². The van der Waals surface area contributed by atoms with Crippen molar-refractivity contribution in [2.45, 2.75) is 5.92 Å². The zero-order valence-corrected chi connectivity index (χ0v) is 14.3. The van der Waals surface area contributed by atoms with Gasteiger partial charge in [0.15, 0.2) is 5.78 Å². The van der Waals surface area contributed by atoms with Crippen LogP contribution in [-0.4, -0.2) is 37.0 Å². The van der Waals surface area contributed by atoms with Crippen LogP contribution in [0.15, 0.2) is 72.9 Å². The molecule has 3 nitrogen and oxygen atoms in total. The number of ketones is 1. The van der Waals surface area contributed by atoms with E-state index in [-0.39, 0.29) is 24.1 Å². The first-order valence-corrected chi connectivity index (χ1v) is 7.98. The molecule has 4 heteroatoms. The summed E-state index contributed by atoms with van der Waals surface area (Å²) in [4.78, 5) is 15.0. The Morgan fingerprint density at radius 2 is 1.42 bits per heavy atom. The topological polar surface area (TPSA) is 29.5 Å². The van der Waals surface area contributed by atoms with E-state index in [1.165, 1.54) is 0 Å². The van der Waals surface area contributed by atoms with Crippen molar-refractivity contribution in [1.29, 1.82) is 0 Å². The molecule has 0 aromatic heterocycles. The Labute approximate surface area is 149 Å². The first-order chi connectivity index (χ1) is 11.3. The second-order valence-electron chi connectivity index (χ2n) is 5.62. The zero-order valence-electron chi connectivity index (χ0n) is 13.5. The summed E-state index contributed by atoms with van der Waals surface area (Å²) in [5.74, 6) is -0.149. The van der Waals surface area contributed by atoms with Crippen LogP contribution in [0.5, 0.6) is 0 Å². The molecule has 2 aromatic rings. The summed E-state index contributed by atoms with van der Waals surface area (Å²) in [6, 6.07) is 19.9. The summed E-state index contributed by atoms with van der Waals surface area (Å²) in [5, 5.41) is 0. The van der Waals surface area contributed by atoms with Crippen molar-refractivity contribution in [3.05, 3.63) is 84.1 Å². The third kappa shape index (κ3) is 4.70. The molecule has 0 atom stereocenters. The third-order valence-corrected chi connectivity index (χ3v) is 4.05. The lowest BCUT2D eigenvalue weighted by atomic mass is 9.87.